The van der Waals surface area contributed by atoms with Gasteiger partial charge in [0, 0.05) is 11.8 Å². The van der Waals surface area contributed by atoms with E-state index in [1.54, 1.807) is 61.8 Å². The molecule has 3 aromatic carbocycles. The number of benzene rings is 3. The fourth-order valence-corrected chi connectivity index (χ4v) is 4.95. The molecule has 0 aliphatic carbocycles. The van der Waals surface area contributed by atoms with Crippen molar-refractivity contribution >= 4 is 9.84 Å². The van der Waals surface area contributed by atoms with Gasteiger partial charge in [0.2, 0.25) is 0 Å². The van der Waals surface area contributed by atoms with Crippen LogP contribution in [0.2, 0.25) is 0 Å². The van der Waals surface area contributed by atoms with Crippen LogP contribution in [0.1, 0.15) is 11.4 Å². The normalized spacial score (nSPS) is 12.1. The summed E-state index contributed by atoms with van der Waals surface area (Å²) < 4.78 is 73.1. The number of sulfone groups is 1. The van der Waals surface area contributed by atoms with E-state index in [4.69, 9.17) is 4.74 Å². The molecule has 2 heterocycles. The minimum Gasteiger partial charge on any atom is -0.497 e. The zero-order valence-electron chi connectivity index (χ0n) is 21.0. The van der Waals surface area contributed by atoms with Crippen LogP contribution in [-0.2, 0) is 16.0 Å². The molecule has 12 heteroatoms. The highest BCUT2D eigenvalue weighted by molar-refractivity contribution is 7.90. The third-order valence-corrected chi connectivity index (χ3v) is 7.38. The number of rotatable bonds is 6. The van der Waals surface area contributed by atoms with Crippen LogP contribution in [0, 0.1) is 6.92 Å². The first-order valence-electron chi connectivity index (χ1n) is 11.6. The Hall–Kier alpha value is -4.45. The van der Waals surface area contributed by atoms with Crippen LogP contribution in [0.4, 0.5) is 13.2 Å². The average Bonchev–Trinajstić information content (AvgIpc) is 3.55. The standard InChI is InChI=1S/C27H22F3N5O3S/c1-17-26(27(28,29)30)31-16-34(17)23-12-9-20(19-5-4-6-22(13-19)39(3,36)37)14-24(23)35-25(15-32-33-35)18-7-10-21(38-2)11-8-18/h4-16H,1-3H3. The summed E-state index contributed by atoms with van der Waals surface area (Å²) in [5.74, 6) is 0.653. The number of methoxy groups -OCH3 is 1. The summed E-state index contributed by atoms with van der Waals surface area (Å²) in [6.07, 6.45) is -0.838. The van der Waals surface area contributed by atoms with E-state index in [0.29, 0.717) is 33.9 Å². The van der Waals surface area contributed by atoms with Crippen LogP contribution in [0.25, 0.3) is 33.8 Å². The Kier molecular flexibility index (Phi) is 6.51. The molecule has 5 aromatic rings. The molecule has 0 unspecified atom stereocenters. The zero-order valence-corrected chi connectivity index (χ0v) is 21.8. The zero-order chi connectivity index (χ0) is 27.9. The van der Waals surface area contributed by atoms with Gasteiger partial charge in [-0.2, -0.15) is 13.2 Å². The molecule has 8 nitrogen and oxygen atoms in total. The SMILES string of the molecule is COc1ccc(-c2cnnn2-c2cc(-c3cccc(S(C)(=O)=O)c3)ccc2-n2cnc(C(F)(F)F)c2C)cc1. The van der Waals surface area contributed by atoms with Crippen LogP contribution in [0.3, 0.4) is 0 Å². The van der Waals surface area contributed by atoms with E-state index in [0.717, 1.165) is 18.1 Å². The van der Waals surface area contributed by atoms with Crippen LogP contribution in [-0.4, -0.2) is 46.3 Å². The van der Waals surface area contributed by atoms with Crippen molar-refractivity contribution in [2.24, 2.45) is 0 Å². The third kappa shape index (κ3) is 5.02. The highest BCUT2D eigenvalue weighted by atomic mass is 32.2. The molecule has 0 atom stereocenters. The second-order valence-electron chi connectivity index (χ2n) is 8.81. The molecule has 5 rings (SSSR count). The number of aromatic nitrogens is 5. The molecule has 0 fully saturated rings. The maximum Gasteiger partial charge on any atom is 0.435 e. The lowest BCUT2D eigenvalue weighted by Gasteiger charge is -2.16. The maximum atomic E-state index is 13.6. The molecule has 0 spiro atoms. The molecular weight excluding hydrogens is 531 g/mol. The second-order valence-corrected chi connectivity index (χ2v) is 10.8. The minimum absolute atomic E-state index is 0.0957. The Bertz CT molecular complexity index is 1780. The van der Waals surface area contributed by atoms with E-state index < -0.39 is 21.7 Å². The highest BCUT2D eigenvalue weighted by Crippen LogP contribution is 2.35. The Balaban J connectivity index is 1.73. The van der Waals surface area contributed by atoms with Gasteiger partial charge < -0.3 is 9.30 Å². The number of imidazole rings is 1. The van der Waals surface area contributed by atoms with Crippen molar-refractivity contribution in [3.63, 3.8) is 0 Å². The minimum atomic E-state index is -4.62. The van der Waals surface area contributed by atoms with Gasteiger partial charge >= 0.3 is 6.18 Å². The molecule has 0 aliphatic heterocycles. The summed E-state index contributed by atoms with van der Waals surface area (Å²) in [6.45, 7) is 1.34. The maximum absolute atomic E-state index is 13.6. The predicted octanol–water partition coefficient (Wildman–Crippen LogP) is 5.53. The van der Waals surface area contributed by atoms with Gasteiger partial charge in [0.1, 0.15) is 12.1 Å². The topological polar surface area (TPSA) is 91.9 Å². The molecule has 0 amide bonds. The first-order valence-corrected chi connectivity index (χ1v) is 13.5. The van der Waals surface area contributed by atoms with E-state index in [2.05, 4.69) is 15.3 Å². The molecule has 0 radical (unpaired) electrons. The van der Waals surface area contributed by atoms with Crippen molar-refractivity contribution in [1.82, 2.24) is 24.5 Å². The van der Waals surface area contributed by atoms with Crippen molar-refractivity contribution in [2.75, 3.05) is 13.4 Å². The first-order chi connectivity index (χ1) is 18.5. The molecule has 0 bridgehead atoms. The molecule has 200 valence electrons. The average molecular weight is 554 g/mol. The van der Waals surface area contributed by atoms with Gasteiger partial charge in [0.05, 0.1) is 41.0 Å². The summed E-state index contributed by atoms with van der Waals surface area (Å²) in [4.78, 5) is 3.76. The molecule has 0 saturated carbocycles. The van der Waals surface area contributed by atoms with Gasteiger partial charge in [-0.15, -0.1) is 5.10 Å². The van der Waals surface area contributed by atoms with Crippen LogP contribution in [0.15, 0.2) is 84.1 Å². The Morgan fingerprint density at radius 3 is 2.23 bits per heavy atom. The Morgan fingerprint density at radius 2 is 1.59 bits per heavy atom. The van der Waals surface area contributed by atoms with E-state index in [1.807, 2.05) is 12.1 Å². The largest absolute Gasteiger partial charge is 0.497 e. The summed E-state index contributed by atoms with van der Waals surface area (Å²) in [5.41, 5.74) is 2.26. The van der Waals surface area contributed by atoms with Crippen LogP contribution >= 0.6 is 0 Å². The smallest absolute Gasteiger partial charge is 0.435 e. The lowest BCUT2D eigenvalue weighted by Crippen LogP contribution is -2.10. The molecular formula is C27H22F3N5O3S. The predicted molar refractivity (Wildman–Crippen MR) is 139 cm³/mol. The molecule has 2 aromatic heterocycles. The summed E-state index contributed by atoms with van der Waals surface area (Å²) in [6, 6.07) is 18.7. The van der Waals surface area contributed by atoms with E-state index in [9.17, 15) is 21.6 Å². The number of hydrogen-bond acceptors (Lipinski definition) is 6. The van der Waals surface area contributed by atoms with E-state index in [-0.39, 0.29) is 10.6 Å². The van der Waals surface area contributed by atoms with Gasteiger partial charge in [0.25, 0.3) is 0 Å². The number of ether oxygens (including phenoxy) is 1. The van der Waals surface area contributed by atoms with Crippen LogP contribution in [0.5, 0.6) is 5.75 Å². The fraction of sp³-hybridized carbons (Fsp3) is 0.148. The van der Waals surface area contributed by atoms with Crippen molar-refractivity contribution < 1.29 is 26.3 Å². The van der Waals surface area contributed by atoms with Gasteiger partial charge in [-0.3, -0.25) is 0 Å². The van der Waals surface area contributed by atoms with E-state index >= 15 is 0 Å². The van der Waals surface area contributed by atoms with Gasteiger partial charge in [-0.05, 0) is 66.6 Å². The molecule has 39 heavy (non-hydrogen) atoms. The summed E-state index contributed by atoms with van der Waals surface area (Å²) >= 11 is 0. The molecule has 0 aliphatic rings. The van der Waals surface area contributed by atoms with Crippen molar-refractivity contribution in [3.05, 3.63) is 90.6 Å². The first kappa shape index (κ1) is 26.2. The number of alkyl halides is 3. The number of nitrogens with zero attached hydrogens (tertiary/aromatic N) is 5. The number of hydrogen-bond donors (Lipinski definition) is 0. The lowest BCUT2D eigenvalue weighted by atomic mass is 10.0. The van der Waals surface area contributed by atoms with Crippen molar-refractivity contribution in [3.8, 4) is 39.5 Å². The summed E-state index contributed by atoms with van der Waals surface area (Å²) in [5, 5.41) is 8.32. The fourth-order valence-electron chi connectivity index (χ4n) is 4.28. The lowest BCUT2D eigenvalue weighted by molar-refractivity contribution is -0.141. The van der Waals surface area contributed by atoms with Crippen LogP contribution < -0.4 is 4.74 Å². The van der Waals surface area contributed by atoms with E-state index in [1.165, 1.54) is 22.2 Å². The Morgan fingerprint density at radius 1 is 0.897 bits per heavy atom. The van der Waals surface area contributed by atoms with Gasteiger partial charge in [-0.1, -0.05) is 23.4 Å². The summed E-state index contributed by atoms with van der Waals surface area (Å²) in [7, 11) is -1.90. The second kappa shape index (κ2) is 9.70. The van der Waals surface area contributed by atoms with Crippen molar-refractivity contribution in [1.29, 1.82) is 0 Å². The highest BCUT2D eigenvalue weighted by Gasteiger charge is 2.36. The quantitative estimate of drug-likeness (QED) is 0.275. The third-order valence-electron chi connectivity index (χ3n) is 6.27. The Labute approximate surface area is 222 Å². The molecule has 0 N–H and O–H groups in total. The van der Waals surface area contributed by atoms with Gasteiger partial charge in [0.15, 0.2) is 15.5 Å². The van der Waals surface area contributed by atoms with Gasteiger partial charge in [-0.25, -0.2) is 18.1 Å². The van der Waals surface area contributed by atoms with Crippen molar-refractivity contribution in [2.45, 2.75) is 18.0 Å². The molecule has 0 saturated heterocycles. The number of halogens is 3. The monoisotopic (exact) mass is 553 g/mol.